The van der Waals surface area contributed by atoms with Crippen LogP contribution in [0.5, 0.6) is 0 Å². The molecule has 1 unspecified atom stereocenters. The van der Waals surface area contributed by atoms with Gasteiger partial charge in [-0.1, -0.05) is 17.7 Å². The van der Waals surface area contributed by atoms with Crippen LogP contribution < -0.4 is 5.73 Å². The zero-order chi connectivity index (χ0) is 19.1. The van der Waals surface area contributed by atoms with Crippen molar-refractivity contribution in [2.24, 2.45) is 5.73 Å². The van der Waals surface area contributed by atoms with Crippen molar-refractivity contribution < 1.29 is 27.5 Å². The Morgan fingerprint density at radius 2 is 1.72 bits per heavy atom. The van der Waals surface area contributed by atoms with Gasteiger partial charge in [-0.05, 0) is 38.5 Å². The number of primary amides is 1. The molecule has 1 aromatic carbocycles. The van der Waals surface area contributed by atoms with E-state index in [1.165, 1.54) is 26.8 Å². The van der Waals surface area contributed by atoms with Gasteiger partial charge in [0, 0.05) is 11.5 Å². The third-order valence-electron chi connectivity index (χ3n) is 3.92. The molecule has 4 nitrogen and oxygen atoms in total. The second-order valence-electron chi connectivity index (χ2n) is 5.63. The maximum absolute atomic E-state index is 13.2. The molecule has 2 rings (SSSR count). The zero-order valence-corrected chi connectivity index (χ0v) is 14.4. The lowest BCUT2D eigenvalue weighted by molar-refractivity contribution is -0.137. The van der Waals surface area contributed by atoms with Gasteiger partial charge >= 0.3 is 6.18 Å². The average Bonchev–Trinajstić information content (AvgIpc) is 2.44. The van der Waals surface area contributed by atoms with Crippen LogP contribution in [0.1, 0.15) is 37.8 Å². The van der Waals surface area contributed by atoms with Gasteiger partial charge in [-0.2, -0.15) is 13.2 Å². The summed E-state index contributed by atoms with van der Waals surface area (Å²) in [4.78, 5) is 23.9. The molecule has 8 heteroatoms. The van der Waals surface area contributed by atoms with Gasteiger partial charge in [0.2, 0.25) is 5.91 Å². The van der Waals surface area contributed by atoms with E-state index in [0.717, 1.165) is 12.1 Å². The normalized spacial score (nSPS) is 18.3. The Morgan fingerprint density at radius 3 is 2.20 bits per heavy atom. The molecule has 0 bridgehead atoms. The van der Waals surface area contributed by atoms with Gasteiger partial charge in [-0.25, -0.2) is 0 Å². The molecule has 0 saturated carbocycles. The highest BCUT2D eigenvalue weighted by molar-refractivity contribution is 6.31. The maximum Gasteiger partial charge on any atom is 0.417 e. The van der Waals surface area contributed by atoms with Gasteiger partial charge in [0.05, 0.1) is 16.2 Å². The van der Waals surface area contributed by atoms with E-state index in [-0.39, 0.29) is 28.2 Å². The van der Waals surface area contributed by atoms with Crippen LogP contribution in [0.3, 0.4) is 0 Å². The van der Waals surface area contributed by atoms with E-state index in [1.54, 1.807) is 0 Å². The number of nitrogens with two attached hydrogens (primary N) is 1. The van der Waals surface area contributed by atoms with Crippen LogP contribution in [0.15, 0.2) is 40.9 Å². The molecule has 1 aliphatic rings. The number of rotatable bonds is 3. The third-order valence-corrected chi connectivity index (χ3v) is 4.25. The van der Waals surface area contributed by atoms with Crippen LogP contribution in [-0.4, -0.2) is 11.7 Å². The number of carbonyl (C=O) groups is 2. The average molecular weight is 374 g/mol. The number of alkyl halides is 3. The van der Waals surface area contributed by atoms with Crippen LogP contribution in [0.25, 0.3) is 0 Å². The predicted octanol–water partition coefficient (Wildman–Crippen LogP) is 4.09. The predicted molar refractivity (Wildman–Crippen MR) is 85.6 cm³/mol. The summed E-state index contributed by atoms with van der Waals surface area (Å²) < 4.78 is 44.9. The van der Waals surface area contributed by atoms with Crippen molar-refractivity contribution in [2.75, 3.05) is 0 Å². The van der Waals surface area contributed by atoms with Crippen LogP contribution in [-0.2, 0) is 20.5 Å². The number of halogens is 4. The molecule has 1 amide bonds. The first-order valence-corrected chi connectivity index (χ1v) is 7.59. The van der Waals surface area contributed by atoms with E-state index in [1.807, 2.05) is 0 Å². The summed E-state index contributed by atoms with van der Waals surface area (Å²) >= 11 is 5.65. The Morgan fingerprint density at radius 1 is 1.16 bits per heavy atom. The van der Waals surface area contributed by atoms with Crippen molar-refractivity contribution in [2.45, 2.75) is 32.9 Å². The molecule has 1 aliphatic heterocycles. The molecule has 0 radical (unpaired) electrons. The fourth-order valence-electron chi connectivity index (χ4n) is 2.93. The Hall–Kier alpha value is -2.28. The lowest BCUT2D eigenvalue weighted by atomic mass is 9.79. The molecular formula is C17H15ClF3NO3. The molecule has 25 heavy (non-hydrogen) atoms. The quantitative estimate of drug-likeness (QED) is 0.867. The second-order valence-corrected chi connectivity index (χ2v) is 6.04. The Balaban J connectivity index is 2.76. The SMILES string of the molecule is CC(=O)C1=C(C)OC(C)=C(C(N)=O)C1c1ccc(Cl)c(C(F)(F)F)c1. The lowest BCUT2D eigenvalue weighted by Gasteiger charge is -2.29. The van der Waals surface area contributed by atoms with Gasteiger partial charge < -0.3 is 10.5 Å². The number of hydrogen-bond donors (Lipinski definition) is 1. The van der Waals surface area contributed by atoms with Crippen molar-refractivity contribution in [1.82, 2.24) is 0 Å². The van der Waals surface area contributed by atoms with Crippen LogP contribution in [0.2, 0.25) is 5.02 Å². The Kier molecular flexibility index (Phi) is 4.99. The highest BCUT2D eigenvalue weighted by Gasteiger charge is 2.38. The second kappa shape index (κ2) is 6.55. The summed E-state index contributed by atoms with van der Waals surface area (Å²) in [5.74, 6) is -2.01. The minimum atomic E-state index is -4.68. The van der Waals surface area contributed by atoms with Crippen molar-refractivity contribution in [3.05, 3.63) is 57.0 Å². The smallest absolute Gasteiger partial charge is 0.417 e. The van der Waals surface area contributed by atoms with E-state index in [9.17, 15) is 22.8 Å². The van der Waals surface area contributed by atoms with E-state index < -0.39 is 34.4 Å². The summed E-state index contributed by atoms with van der Waals surface area (Å²) in [6, 6.07) is 3.24. The Labute approximate surface area is 147 Å². The van der Waals surface area contributed by atoms with E-state index in [2.05, 4.69) is 0 Å². The van der Waals surface area contributed by atoms with Gasteiger partial charge in [0.1, 0.15) is 11.5 Å². The van der Waals surface area contributed by atoms with Crippen LogP contribution in [0, 0.1) is 0 Å². The number of hydrogen-bond acceptors (Lipinski definition) is 3. The summed E-state index contributed by atoms with van der Waals surface area (Å²) in [6.07, 6.45) is -4.68. The van der Waals surface area contributed by atoms with Crippen molar-refractivity contribution >= 4 is 23.3 Å². The highest BCUT2D eigenvalue weighted by atomic mass is 35.5. The topological polar surface area (TPSA) is 69.4 Å². The molecular weight excluding hydrogens is 359 g/mol. The molecule has 2 N–H and O–H groups in total. The lowest BCUT2D eigenvalue weighted by Crippen LogP contribution is -2.28. The first kappa shape index (κ1) is 19.1. The summed E-state index contributed by atoms with van der Waals surface area (Å²) in [5, 5.41) is -0.477. The molecule has 0 aliphatic carbocycles. The van der Waals surface area contributed by atoms with Gasteiger partial charge in [0.15, 0.2) is 5.78 Å². The van der Waals surface area contributed by atoms with Gasteiger partial charge in [-0.3, -0.25) is 9.59 Å². The molecule has 1 heterocycles. The fraction of sp³-hybridized carbons (Fsp3) is 0.294. The summed E-state index contributed by atoms with van der Waals surface area (Å²) in [6.45, 7) is 4.22. The van der Waals surface area contributed by atoms with E-state index in [4.69, 9.17) is 22.1 Å². The standard InChI is InChI=1S/C17H15ClF3NO3/c1-7(23)13-8(2)25-9(3)14(16(22)24)15(13)10-4-5-12(18)11(6-10)17(19,20)21/h4-6,15H,1-3H3,(H2,22,24). The zero-order valence-electron chi connectivity index (χ0n) is 13.6. The number of carbonyl (C=O) groups excluding carboxylic acids is 2. The molecule has 0 saturated heterocycles. The maximum atomic E-state index is 13.2. The first-order chi connectivity index (χ1) is 11.4. The Bertz CT molecular complexity index is 789. The molecule has 134 valence electrons. The molecule has 0 fully saturated rings. The summed E-state index contributed by atoms with van der Waals surface area (Å²) in [5.41, 5.74) is 4.43. The largest absolute Gasteiger partial charge is 0.466 e. The van der Waals surface area contributed by atoms with Crippen molar-refractivity contribution in [3.63, 3.8) is 0 Å². The number of Topliss-reactive ketones (excluding diaryl/α,β-unsaturated/α-hetero) is 1. The monoisotopic (exact) mass is 373 g/mol. The van der Waals surface area contributed by atoms with Crippen LogP contribution in [0.4, 0.5) is 13.2 Å². The number of benzene rings is 1. The van der Waals surface area contributed by atoms with Gasteiger partial charge in [0.25, 0.3) is 0 Å². The molecule has 1 atom stereocenters. The van der Waals surface area contributed by atoms with Crippen LogP contribution >= 0.6 is 11.6 Å². The number of ether oxygens (including phenoxy) is 1. The molecule has 0 aromatic heterocycles. The number of amides is 1. The minimum absolute atomic E-state index is 0.0637. The number of allylic oxidation sites excluding steroid dienone is 3. The molecule has 1 aromatic rings. The first-order valence-electron chi connectivity index (χ1n) is 7.22. The van der Waals surface area contributed by atoms with Gasteiger partial charge in [-0.15, -0.1) is 0 Å². The molecule has 0 spiro atoms. The highest BCUT2D eigenvalue weighted by Crippen LogP contribution is 2.43. The third kappa shape index (κ3) is 3.56. The summed E-state index contributed by atoms with van der Waals surface area (Å²) in [7, 11) is 0. The van der Waals surface area contributed by atoms with Crippen molar-refractivity contribution in [3.8, 4) is 0 Å². The number of ketones is 1. The van der Waals surface area contributed by atoms with Crippen molar-refractivity contribution in [1.29, 1.82) is 0 Å². The minimum Gasteiger partial charge on any atom is -0.466 e. The fourth-order valence-corrected chi connectivity index (χ4v) is 3.16. The van der Waals surface area contributed by atoms with E-state index >= 15 is 0 Å². The van der Waals surface area contributed by atoms with E-state index in [0.29, 0.717) is 0 Å².